The molecule has 1 heterocycles. The number of aryl methyl sites for hydroxylation is 1. The number of nitrogens with one attached hydrogen (secondary N) is 2. The minimum absolute atomic E-state index is 0.0152. The van der Waals surface area contributed by atoms with E-state index in [9.17, 15) is 13.2 Å². The number of ether oxygens (including phenoxy) is 1. The van der Waals surface area contributed by atoms with Crippen LogP contribution in [-0.4, -0.2) is 62.9 Å². The monoisotopic (exact) mass is 412 g/mol. The van der Waals surface area contributed by atoms with Crippen LogP contribution in [0.5, 0.6) is 0 Å². The number of nitrogens with zero attached hydrogens (tertiary/aromatic N) is 2. The predicted molar refractivity (Wildman–Crippen MR) is 108 cm³/mol. The molecule has 1 aromatic carbocycles. The third-order valence-corrected chi connectivity index (χ3v) is 5.49. The van der Waals surface area contributed by atoms with Crippen LogP contribution in [0.3, 0.4) is 0 Å². The van der Waals surface area contributed by atoms with Gasteiger partial charge in [0.25, 0.3) is 0 Å². The lowest BCUT2D eigenvalue weighted by Gasteiger charge is -2.25. The highest BCUT2D eigenvalue weighted by molar-refractivity contribution is 5.79. The van der Waals surface area contributed by atoms with Crippen molar-refractivity contribution in [2.45, 2.75) is 50.4 Å². The molecule has 29 heavy (non-hydrogen) atoms. The highest BCUT2D eigenvalue weighted by Crippen LogP contribution is 2.32. The smallest absolute Gasteiger partial charge is 0.373 e. The lowest BCUT2D eigenvalue weighted by atomic mass is 9.89. The maximum atomic E-state index is 12.5. The van der Waals surface area contributed by atoms with Crippen LogP contribution in [0, 0.1) is 0 Å². The van der Waals surface area contributed by atoms with Gasteiger partial charge in [-0.3, -0.25) is 9.89 Å². The number of likely N-dealkylation sites (tertiary alicyclic amines) is 1. The van der Waals surface area contributed by atoms with Gasteiger partial charge in [0.1, 0.15) is 0 Å². The zero-order valence-electron chi connectivity index (χ0n) is 17.0. The molecule has 0 saturated carbocycles. The third-order valence-electron chi connectivity index (χ3n) is 5.49. The minimum Gasteiger partial charge on any atom is -0.373 e. The van der Waals surface area contributed by atoms with E-state index in [1.54, 1.807) is 7.05 Å². The molecular weight excluding hydrogens is 381 g/mol. The zero-order chi connectivity index (χ0) is 20.7. The second-order valence-corrected chi connectivity index (χ2v) is 7.78. The second kappa shape index (κ2) is 10.3. The highest BCUT2D eigenvalue weighted by atomic mass is 19.4. The number of rotatable bonds is 7. The maximum absolute atomic E-state index is 12.5. The first kappa shape index (κ1) is 21.9. The zero-order valence-corrected chi connectivity index (χ0v) is 17.0. The van der Waals surface area contributed by atoms with E-state index in [4.69, 9.17) is 4.74 Å². The summed E-state index contributed by atoms with van der Waals surface area (Å²) in [6.45, 7) is 1.34. The van der Waals surface area contributed by atoms with Gasteiger partial charge in [0.05, 0.1) is 12.6 Å². The topological polar surface area (TPSA) is 48.9 Å². The largest absolute Gasteiger partial charge is 0.401 e. The second-order valence-electron chi connectivity index (χ2n) is 7.78. The molecule has 3 rings (SSSR count). The summed E-state index contributed by atoms with van der Waals surface area (Å²) in [5, 5.41) is 6.46. The van der Waals surface area contributed by atoms with Crippen molar-refractivity contribution in [3.05, 3.63) is 35.4 Å². The van der Waals surface area contributed by atoms with E-state index in [1.165, 1.54) is 16.0 Å². The van der Waals surface area contributed by atoms with Crippen molar-refractivity contribution in [1.82, 2.24) is 15.5 Å². The Balaban J connectivity index is 1.33. The van der Waals surface area contributed by atoms with Gasteiger partial charge < -0.3 is 15.4 Å². The number of benzene rings is 1. The van der Waals surface area contributed by atoms with Crippen molar-refractivity contribution < 1.29 is 17.9 Å². The fourth-order valence-electron chi connectivity index (χ4n) is 4.12. The summed E-state index contributed by atoms with van der Waals surface area (Å²) in [6.07, 6.45) is 0.892. The summed E-state index contributed by atoms with van der Waals surface area (Å²) in [6, 6.07) is 8.47. The van der Waals surface area contributed by atoms with Crippen LogP contribution < -0.4 is 10.6 Å². The van der Waals surface area contributed by atoms with Crippen molar-refractivity contribution >= 4 is 5.96 Å². The molecule has 1 aromatic rings. The first-order valence-electron chi connectivity index (χ1n) is 10.4. The molecule has 1 fully saturated rings. The Kier molecular flexibility index (Phi) is 7.77. The van der Waals surface area contributed by atoms with E-state index < -0.39 is 12.7 Å². The van der Waals surface area contributed by atoms with Crippen LogP contribution in [-0.2, 0) is 11.2 Å². The van der Waals surface area contributed by atoms with Crippen molar-refractivity contribution in [2.75, 3.05) is 39.8 Å². The highest BCUT2D eigenvalue weighted by Gasteiger charge is 2.34. The Labute approximate surface area is 170 Å². The van der Waals surface area contributed by atoms with Crippen molar-refractivity contribution in [3.8, 4) is 0 Å². The van der Waals surface area contributed by atoms with Gasteiger partial charge in [-0.15, -0.1) is 0 Å². The lowest BCUT2D eigenvalue weighted by molar-refractivity contribution is -0.143. The molecular formula is C21H31F3N4O. The summed E-state index contributed by atoms with van der Waals surface area (Å²) < 4.78 is 43.6. The molecule has 2 aliphatic rings. The van der Waals surface area contributed by atoms with Crippen LogP contribution in [0.1, 0.15) is 42.9 Å². The lowest BCUT2D eigenvalue weighted by Crippen LogP contribution is -2.45. The Morgan fingerprint density at radius 3 is 2.90 bits per heavy atom. The molecule has 5 nitrogen and oxygen atoms in total. The Hall–Kier alpha value is -1.80. The third kappa shape index (κ3) is 6.89. The van der Waals surface area contributed by atoms with E-state index in [2.05, 4.69) is 39.9 Å². The number of halogens is 3. The first-order valence-corrected chi connectivity index (χ1v) is 10.4. The van der Waals surface area contributed by atoms with Gasteiger partial charge in [-0.25, -0.2) is 0 Å². The average Bonchev–Trinajstić information content (AvgIpc) is 3.11. The first-order chi connectivity index (χ1) is 13.9. The van der Waals surface area contributed by atoms with E-state index in [0.717, 1.165) is 25.7 Å². The van der Waals surface area contributed by atoms with Crippen molar-refractivity contribution in [3.63, 3.8) is 0 Å². The molecule has 0 amide bonds. The maximum Gasteiger partial charge on any atom is 0.401 e. The minimum atomic E-state index is -4.15. The molecule has 2 unspecified atom stereocenters. The van der Waals surface area contributed by atoms with Gasteiger partial charge >= 0.3 is 6.18 Å². The summed E-state index contributed by atoms with van der Waals surface area (Å²) in [5.41, 5.74) is 2.71. The quantitative estimate of drug-likeness (QED) is 0.410. The molecule has 162 valence electrons. The molecule has 8 heteroatoms. The van der Waals surface area contributed by atoms with E-state index in [-0.39, 0.29) is 12.1 Å². The van der Waals surface area contributed by atoms with Gasteiger partial charge in [0.2, 0.25) is 0 Å². The van der Waals surface area contributed by atoms with Gasteiger partial charge in [-0.1, -0.05) is 24.3 Å². The Bertz CT molecular complexity index is 680. The number of aliphatic imine (C=N–C) groups is 1. The summed E-state index contributed by atoms with van der Waals surface area (Å²) in [4.78, 5) is 5.61. The van der Waals surface area contributed by atoms with Crippen LogP contribution >= 0.6 is 0 Å². The number of fused-ring (bicyclic) bond motifs is 1. The number of alkyl halides is 3. The normalized spacial score (nSPS) is 23.1. The molecule has 1 aliphatic heterocycles. The standard InChI is InChI=1S/C21H31F3N4O/c1-25-20(27-17-10-12-28(14-17)15-21(22,23)24)26-11-5-13-29-19-9-4-7-16-6-2-3-8-18(16)19/h2-3,6,8,17,19H,4-5,7,9-15H2,1H3,(H2,25,26,27). The van der Waals surface area contributed by atoms with E-state index in [1.807, 2.05) is 0 Å². The molecule has 2 N–H and O–H groups in total. The average molecular weight is 413 g/mol. The molecule has 0 aromatic heterocycles. The Morgan fingerprint density at radius 2 is 2.10 bits per heavy atom. The number of hydrogen-bond donors (Lipinski definition) is 2. The van der Waals surface area contributed by atoms with Gasteiger partial charge in [-0.05, 0) is 43.2 Å². The van der Waals surface area contributed by atoms with E-state index in [0.29, 0.717) is 38.6 Å². The van der Waals surface area contributed by atoms with Crippen LogP contribution in [0.2, 0.25) is 0 Å². The summed E-state index contributed by atoms with van der Waals surface area (Å²) >= 11 is 0. The van der Waals surface area contributed by atoms with Crippen LogP contribution in [0.4, 0.5) is 13.2 Å². The van der Waals surface area contributed by atoms with Gasteiger partial charge in [0, 0.05) is 39.3 Å². The fourth-order valence-corrected chi connectivity index (χ4v) is 4.12. The van der Waals surface area contributed by atoms with Crippen LogP contribution in [0.15, 0.2) is 29.3 Å². The molecule has 0 radical (unpaired) electrons. The summed E-state index contributed by atoms with van der Waals surface area (Å²) in [5.74, 6) is 0.631. The number of hydrogen-bond acceptors (Lipinski definition) is 3. The predicted octanol–water partition coefficient (Wildman–Crippen LogP) is 3.27. The molecule has 0 spiro atoms. The van der Waals surface area contributed by atoms with Crippen molar-refractivity contribution in [2.24, 2.45) is 4.99 Å². The fraction of sp³-hybridized carbons (Fsp3) is 0.667. The molecule has 0 bridgehead atoms. The van der Waals surface area contributed by atoms with Crippen LogP contribution in [0.25, 0.3) is 0 Å². The summed E-state index contributed by atoms with van der Waals surface area (Å²) in [7, 11) is 1.67. The number of guanidine groups is 1. The Morgan fingerprint density at radius 1 is 1.28 bits per heavy atom. The molecule has 2 atom stereocenters. The van der Waals surface area contributed by atoms with E-state index >= 15 is 0 Å². The van der Waals surface area contributed by atoms with Gasteiger partial charge in [-0.2, -0.15) is 13.2 Å². The molecule has 1 aliphatic carbocycles. The van der Waals surface area contributed by atoms with Crippen molar-refractivity contribution in [1.29, 1.82) is 0 Å². The SMILES string of the molecule is CN=C(NCCCOC1CCCc2ccccc21)NC1CCN(CC(F)(F)F)C1. The molecule has 1 saturated heterocycles. The van der Waals surface area contributed by atoms with Gasteiger partial charge in [0.15, 0.2) is 5.96 Å².